The van der Waals surface area contributed by atoms with E-state index < -0.39 is 0 Å². The van der Waals surface area contributed by atoms with E-state index in [-0.39, 0.29) is 0 Å². The number of allylic oxidation sites excluding steroid dienone is 1. The summed E-state index contributed by atoms with van der Waals surface area (Å²) < 4.78 is 5.27. The van der Waals surface area contributed by atoms with Crippen molar-refractivity contribution in [1.29, 1.82) is 0 Å². The first-order valence-corrected chi connectivity index (χ1v) is 4.79. The van der Waals surface area contributed by atoms with Crippen LogP contribution in [0.1, 0.15) is 0 Å². The quantitative estimate of drug-likeness (QED) is 0.527. The normalized spacial score (nSPS) is 22.2. The molecule has 0 amide bonds. The molecule has 2 heterocycles. The SMILES string of the molecule is ONC1=C(N2CCOCC2)NCC=C1. The van der Waals surface area contributed by atoms with Crippen LogP contribution in [0, 0.1) is 0 Å². The van der Waals surface area contributed by atoms with E-state index in [1.165, 1.54) is 0 Å². The molecule has 0 unspecified atom stereocenters. The molecule has 0 saturated carbocycles. The molecule has 78 valence electrons. The third-order valence-corrected chi connectivity index (χ3v) is 2.37. The average Bonchev–Trinajstić information content (AvgIpc) is 2.30. The van der Waals surface area contributed by atoms with Crippen LogP contribution in [0.25, 0.3) is 0 Å². The Hall–Kier alpha value is -1.20. The fraction of sp³-hybridized carbons (Fsp3) is 0.556. The van der Waals surface area contributed by atoms with Crippen LogP contribution in [-0.2, 0) is 4.74 Å². The van der Waals surface area contributed by atoms with Crippen LogP contribution in [0.15, 0.2) is 23.7 Å². The van der Waals surface area contributed by atoms with Gasteiger partial charge in [-0.15, -0.1) is 0 Å². The second-order valence-electron chi connectivity index (χ2n) is 3.26. The van der Waals surface area contributed by atoms with Crippen molar-refractivity contribution < 1.29 is 9.94 Å². The smallest absolute Gasteiger partial charge is 0.128 e. The molecule has 5 nitrogen and oxygen atoms in total. The van der Waals surface area contributed by atoms with Gasteiger partial charge in [0.05, 0.1) is 13.2 Å². The van der Waals surface area contributed by atoms with Crippen LogP contribution >= 0.6 is 0 Å². The Kier molecular flexibility index (Phi) is 2.90. The predicted octanol–water partition coefficient (Wildman–Crippen LogP) is -0.374. The molecule has 2 aliphatic heterocycles. The van der Waals surface area contributed by atoms with Crippen LogP contribution in [0.4, 0.5) is 0 Å². The molecule has 5 heteroatoms. The van der Waals surface area contributed by atoms with Gasteiger partial charge in [-0.25, -0.2) is 0 Å². The largest absolute Gasteiger partial charge is 0.378 e. The summed E-state index contributed by atoms with van der Waals surface area (Å²) >= 11 is 0. The standard InChI is InChI=1S/C9H15N3O2/c13-11-8-2-1-3-10-9(8)12-4-6-14-7-5-12/h1-2,10-11,13H,3-7H2. The van der Waals surface area contributed by atoms with E-state index in [0.29, 0.717) is 0 Å². The lowest BCUT2D eigenvalue weighted by Crippen LogP contribution is -2.43. The number of rotatable bonds is 2. The lowest BCUT2D eigenvalue weighted by molar-refractivity contribution is 0.0485. The van der Waals surface area contributed by atoms with Gasteiger partial charge in [-0.3, -0.25) is 10.7 Å². The summed E-state index contributed by atoms with van der Waals surface area (Å²) in [4.78, 5) is 2.17. The number of hydrogen-bond donors (Lipinski definition) is 3. The van der Waals surface area contributed by atoms with Crippen molar-refractivity contribution in [3.05, 3.63) is 23.7 Å². The Labute approximate surface area is 83.0 Å². The molecular formula is C9H15N3O2. The van der Waals surface area contributed by atoms with Crippen LogP contribution in [0.3, 0.4) is 0 Å². The molecule has 0 bridgehead atoms. The van der Waals surface area contributed by atoms with E-state index in [4.69, 9.17) is 9.94 Å². The van der Waals surface area contributed by atoms with E-state index in [9.17, 15) is 0 Å². The summed E-state index contributed by atoms with van der Waals surface area (Å²) in [6.45, 7) is 4.02. The number of hydrogen-bond acceptors (Lipinski definition) is 5. The van der Waals surface area contributed by atoms with E-state index in [1.54, 1.807) is 0 Å². The van der Waals surface area contributed by atoms with Gasteiger partial charge in [0, 0.05) is 19.6 Å². The van der Waals surface area contributed by atoms with Gasteiger partial charge in [0.25, 0.3) is 0 Å². The summed E-state index contributed by atoms with van der Waals surface area (Å²) in [5, 5.41) is 12.2. The number of nitrogens with one attached hydrogen (secondary N) is 2. The molecular weight excluding hydrogens is 182 g/mol. The van der Waals surface area contributed by atoms with Crippen LogP contribution in [0.2, 0.25) is 0 Å². The highest BCUT2D eigenvalue weighted by Gasteiger charge is 2.17. The molecule has 0 aliphatic carbocycles. The molecule has 1 saturated heterocycles. The highest BCUT2D eigenvalue weighted by Crippen LogP contribution is 2.11. The predicted molar refractivity (Wildman–Crippen MR) is 51.5 cm³/mol. The minimum Gasteiger partial charge on any atom is -0.378 e. The van der Waals surface area contributed by atoms with Gasteiger partial charge in [-0.1, -0.05) is 6.08 Å². The van der Waals surface area contributed by atoms with Crippen molar-refractivity contribution in [2.75, 3.05) is 32.8 Å². The van der Waals surface area contributed by atoms with Crippen molar-refractivity contribution in [2.24, 2.45) is 0 Å². The summed E-state index contributed by atoms with van der Waals surface area (Å²) in [6.07, 6.45) is 3.84. The highest BCUT2D eigenvalue weighted by molar-refractivity contribution is 5.25. The molecule has 0 aromatic rings. The first-order chi connectivity index (χ1) is 6.92. The van der Waals surface area contributed by atoms with Gasteiger partial charge in [0.2, 0.25) is 0 Å². The average molecular weight is 197 g/mol. The van der Waals surface area contributed by atoms with Gasteiger partial charge in [-0.2, -0.15) is 0 Å². The molecule has 2 aliphatic rings. The number of dihydropyridines is 1. The van der Waals surface area contributed by atoms with Crippen LogP contribution in [0.5, 0.6) is 0 Å². The zero-order chi connectivity index (χ0) is 9.80. The van der Waals surface area contributed by atoms with Gasteiger partial charge in [0.15, 0.2) is 0 Å². The Bertz CT molecular complexity index is 257. The van der Waals surface area contributed by atoms with E-state index in [1.807, 2.05) is 12.2 Å². The maximum atomic E-state index is 8.94. The number of nitrogens with zero attached hydrogens (tertiary/aromatic N) is 1. The molecule has 14 heavy (non-hydrogen) atoms. The second kappa shape index (κ2) is 4.34. The van der Waals surface area contributed by atoms with E-state index >= 15 is 0 Å². The van der Waals surface area contributed by atoms with Gasteiger partial charge in [-0.05, 0) is 6.08 Å². The fourth-order valence-electron chi connectivity index (χ4n) is 1.67. The summed E-state index contributed by atoms with van der Waals surface area (Å²) in [5.74, 6) is 0.957. The Morgan fingerprint density at radius 3 is 2.93 bits per heavy atom. The Morgan fingerprint density at radius 2 is 2.21 bits per heavy atom. The second-order valence-corrected chi connectivity index (χ2v) is 3.26. The van der Waals surface area contributed by atoms with Gasteiger partial charge < -0.3 is 15.0 Å². The molecule has 1 fully saturated rings. The lowest BCUT2D eigenvalue weighted by atomic mass is 10.2. The zero-order valence-electron chi connectivity index (χ0n) is 7.99. The molecule has 0 spiro atoms. The molecule has 0 aromatic heterocycles. The van der Waals surface area contributed by atoms with Crippen LogP contribution in [-0.4, -0.2) is 43.0 Å². The van der Waals surface area contributed by atoms with E-state index in [2.05, 4.69) is 15.7 Å². The van der Waals surface area contributed by atoms with Crippen LogP contribution < -0.4 is 10.8 Å². The molecule has 3 N–H and O–H groups in total. The number of ether oxygens (including phenoxy) is 1. The summed E-state index contributed by atoms with van der Waals surface area (Å²) in [6, 6.07) is 0. The molecule has 0 radical (unpaired) electrons. The number of hydroxylamine groups is 1. The summed E-state index contributed by atoms with van der Waals surface area (Å²) in [7, 11) is 0. The van der Waals surface area contributed by atoms with Crippen molar-refractivity contribution in [2.45, 2.75) is 0 Å². The Balaban J connectivity index is 2.12. The minimum atomic E-state index is 0.721. The molecule has 2 rings (SSSR count). The van der Waals surface area contributed by atoms with Crippen molar-refractivity contribution in [3.63, 3.8) is 0 Å². The third kappa shape index (κ3) is 1.83. The van der Waals surface area contributed by atoms with Crippen molar-refractivity contribution in [3.8, 4) is 0 Å². The third-order valence-electron chi connectivity index (χ3n) is 2.37. The van der Waals surface area contributed by atoms with Crippen molar-refractivity contribution in [1.82, 2.24) is 15.7 Å². The molecule has 0 atom stereocenters. The first kappa shape index (κ1) is 9.36. The van der Waals surface area contributed by atoms with Crippen molar-refractivity contribution >= 4 is 0 Å². The van der Waals surface area contributed by atoms with E-state index in [0.717, 1.165) is 44.4 Å². The topological polar surface area (TPSA) is 56.8 Å². The Morgan fingerprint density at radius 1 is 1.43 bits per heavy atom. The zero-order valence-corrected chi connectivity index (χ0v) is 7.99. The minimum absolute atomic E-state index is 0.721. The first-order valence-electron chi connectivity index (χ1n) is 4.79. The maximum Gasteiger partial charge on any atom is 0.128 e. The molecule has 0 aromatic carbocycles. The summed E-state index contributed by atoms with van der Waals surface area (Å²) in [5.41, 5.74) is 2.92. The highest BCUT2D eigenvalue weighted by atomic mass is 16.5. The fourth-order valence-corrected chi connectivity index (χ4v) is 1.67. The lowest BCUT2D eigenvalue weighted by Gasteiger charge is -2.33. The van der Waals surface area contributed by atoms with Gasteiger partial charge >= 0.3 is 0 Å². The number of morpholine rings is 1. The van der Waals surface area contributed by atoms with Gasteiger partial charge in [0.1, 0.15) is 11.5 Å². The monoisotopic (exact) mass is 197 g/mol. The maximum absolute atomic E-state index is 8.94.